The third-order valence-corrected chi connectivity index (χ3v) is 7.38. The molecule has 2 aromatic carbocycles. The second-order valence-electron chi connectivity index (χ2n) is 10.1. The van der Waals surface area contributed by atoms with Crippen LogP contribution in [0.15, 0.2) is 67.0 Å². The van der Waals surface area contributed by atoms with Crippen LogP contribution in [0.3, 0.4) is 0 Å². The van der Waals surface area contributed by atoms with E-state index in [0.717, 1.165) is 11.1 Å². The van der Waals surface area contributed by atoms with Gasteiger partial charge in [-0.2, -0.15) is 14.8 Å². The summed E-state index contributed by atoms with van der Waals surface area (Å²) < 4.78 is 13.0. The van der Waals surface area contributed by atoms with E-state index in [2.05, 4.69) is 25.7 Å². The van der Waals surface area contributed by atoms with Crippen molar-refractivity contribution >= 4 is 29.4 Å². The van der Waals surface area contributed by atoms with Crippen LogP contribution in [-0.4, -0.2) is 81.9 Å². The second-order valence-corrected chi connectivity index (χ2v) is 10.1. The molecule has 0 amide bonds. The number of carbonyl (C=O) groups is 1. The number of aliphatic hydroxyl groups is 2. The lowest BCUT2D eigenvalue weighted by atomic mass is 10.1. The summed E-state index contributed by atoms with van der Waals surface area (Å²) in [4.78, 5) is 28.5. The van der Waals surface area contributed by atoms with Crippen molar-refractivity contribution in [3.63, 3.8) is 0 Å². The summed E-state index contributed by atoms with van der Waals surface area (Å²) in [7, 11) is 0. The number of nitrogens with one attached hydrogen (secondary N) is 1. The summed E-state index contributed by atoms with van der Waals surface area (Å²) in [5, 5.41) is 37.3. The largest absolute Gasteiger partial charge is 0.458 e. The SMILES string of the molecule is CCn1nnc([C@H]2O[C@@H](n3cnc4c(NCc5ccccc5)nc(N(CO)CCc5ccccc5)nc43)[C@H](O)[C@@H]2OC=O)n1. The average Bonchev–Trinajstić information content (AvgIpc) is 3.79. The number of imidazole rings is 1. The third-order valence-electron chi connectivity index (χ3n) is 7.38. The van der Waals surface area contributed by atoms with Crippen molar-refractivity contribution < 1.29 is 24.5 Å². The molecule has 4 heterocycles. The van der Waals surface area contributed by atoms with Gasteiger partial charge in [-0.1, -0.05) is 60.7 Å². The summed E-state index contributed by atoms with van der Waals surface area (Å²) in [5.41, 5.74) is 2.89. The predicted octanol–water partition coefficient (Wildman–Crippen LogP) is 1.62. The molecular formula is C29H32N10O5. The van der Waals surface area contributed by atoms with Crippen LogP contribution in [0.1, 0.15) is 36.2 Å². The van der Waals surface area contributed by atoms with E-state index in [0.29, 0.717) is 43.0 Å². The first-order chi connectivity index (χ1) is 21.6. The van der Waals surface area contributed by atoms with Crippen molar-refractivity contribution in [3.8, 4) is 0 Å². The normalized spacial score (nSPS) is 19.7. The molecule has 5 aromatic rings. The van der Waals surface area contributed by atoms with Gasteiger partial charge in [-0.25, -0.2) is 4.98 Å². The van der Waals surface area contributed by atoms with Crippen LogP contribution in [0.25, 0.3) is 11.2 Å². The summed E-state index contributed by atoms with van der Waals surface area (Å²) in [6.45, 7) is 3.15. The van der Waals surface area contributed by atoms with Crippen LogP contribution < -0.4 is 10.2 Å². The monoisotopic (exact) mass is 600 g/mol. The maximum Gasteiger partial charge on any atom is 0.293 e. The number of rotatable bonds is 13. The van der Waals surface area contributed by atoms with Crippen molar-refractivity contribution in [1.29, 1.82) is 0 Å². The number of nitrogens with zero attached hydrogens (tertiary/aromatic N) is 9. The van der Waals surface area contributed by atoms with Crippen LogP contribution in [-0.2, 0) is 33.8 Å². The second kappa shape index (κ2) is 13.1. The molecule has 0 spiro atoms. The van der Waals surface area contributed by atoms with Crippen LogP contribution in [0.4, 0.5) is 11.8 Å². The molecular weight excluding hydrogens is 568 g/mol. The maximum absolute atomic E-state index is 11.4. The number of aromatic nitrogens is 8. The fourth-order valence-electron chi connectivity index (χ4n) is 5.09. The molecule has 1 aliphatic rings. The van der Waals surface area contributed by atoms with E-state index in [9.17, 15) is 15.0 Å². The number of carbonyl (C=O) groups excluding carboxylic acids is 1. The molecule has 1 aliphatic heterocycles. The molecule has 0 radical (unpaired) electrons. The lowest BCUT2D eigenvalue weighted by molar-refractivity contribution is -0.140. The molecule has 1 fully saturated rings. The third kappa shape index (κ3) is 5.92. The Hall–Kier alpha value is -4.99. The molecule has 3 aromatic heterocycles. The van der Waals surface area contributed by atoms with E-state index in [4.69, 9.17) is 19.4 Å². The number of fused-ring (bicyclic) bond motifs is 1. The van der Waals surface area contributed by atoms with Crippen LogP contribution in [0, 0.1) is 0 Å². The number of anilines is 2. The Bertz CT molecular complexity index is 1680. The van der Waals surface area contributed by atoms with E-state index in [1.54, 1.807) is 9.47 Å². The molecule has 15 nitrogen and oxygen atoms in total. The van der Waals surface area contributed by atoms with Crippen molar-refractivity contribution in [2.75, 3.05) is 23.5 Å². The number of tetrazole rings is 1. The minimum absolute atomic E-state index is 0.164. The fourth-order valence-corrected chi connectivity index (χ4v) is 5.09. The van der Waals surface area contributed by atoms with Crippen molar-refractivity contribution in [2.24, 2.45) is 0 Å². The summed E-state index contributed by atoms with van der Waals surface area (Å²) in [6.07, 6.45) is -2.36. The Labute approximate surface area is 252 Å². The van der Waals surface area contributed by atoms with Gasteiger partial charge in [0.2, 0.25) is 11.8 Å². The molecule has 0 bridgehead atoms. The molecule has 4 atom stereocenters. The average molecular weight is 601 g/mol. The standard InChI is InChI=1S/C29H32N10O5/c1-2-39-35-26(34-36-39)24-23(43-18-41)22(42)28(44-24)38-16-31-21-25(30-15-20-11-7-4-8-12-20)32-29(33-27(21)38)37(17-40)14-13-19-9-5-3-6-10-19/h3-12,16,18,22-24,28,40,42H,2,13-15,17H2,1H3,(H,30,32,33)/t22-,23+,24+,28-/m1/s1. The Morgan fingerprint density at radius 2 is 1.84 bits per heavy atom. The van der Waals surface area contributed by atoms with Gasteiger partial charge in [0.25, 0.3) is 6.47 Å². The highest BCUT2D eigenvalue weighted by Gasteiger charge is 2.49. The van der Waals surface area contributed by atoms with E-state index in [1.807, 2.05) is 67.6 Å². The highest BCUT2D eigenvalue weighted by molar-refractivity contribution is 5.84. The first-order valence-electron chi connectivity index (χ1n) is 14.2. The number of aliphatic hydroxyl groups excluding tert-OH is 2. The van der Waals surface area contributed by atoms with E-state index in [1.165, 1.54) is 11.1 Å². The van der Waals surface area contributed by atoms with Gasteiger partial charge in [0.15, 0.2) is 35.4 Å². The van der Waals surface area contributed by atoms with Crippen molar-refractivity contribution in [2.45, 2.75) is 51.0 Å². The molecule has 1 saturated heterocycles. The van der Waals surface area contributed by atoms with Crippen LogP contribution >= 0.6 is 0 Å². The number of hydrogen-bond donors (Lipinski definition) is 3. The fraction of sp³-hybridized carbons (Fsp3) is 0.345. The highest BCUT2D eigenvalue weighted by atomic mass is 16.6. The molecule has 0 saturated carbocycles. The topological polar surface area (TPSA) is 178 Å². The first-order valence-corrected chi connectivity index (χ1v) is 14.2. The van der Waals surface area contributed by atoms with Gasteiger partial charge in [-0.3, -0.25) is 9.36 Å². The summed E-state index contributed by atoms with van der Waals surface area (Å²) >= 11 is 0. The number of ether oxygens (including phenoxy) is 2. The Morgan fingerprint density at radius 1 is 1.09 bits per heavy atom. The number of hydrogen-bond acceptors (Lipinski definition) is 13. The molecule has 44 heavy (non-hydrogen) atoms. The molecule has 0 unspecified atom stereocenters. The maximum atomic E-state index is 11.4. The first kappa shape index (κ1) is 29.1. The molecule has 0 aliphatic carbocycles. The predicted molar refractivity (Wildman–Crippen MR) is 157 cm³/mol. The van der Waals surface area contributed by atoms with Gasteiger partial charge in [-0.15, -0.1) is 10.2 Å². The lowest BCUT2D eigenvalue weighted by Crippen LogP contribution is -2.32. The van der Waals surface area contributed by atoms with Gasteiger partial charge < -0.3 is 29.9 Å². The molecule has 6 rings (SSSR count). The quantitative estimate of drug-likeness (QED) is 0.131. The highest BCUT2D eigenvalue weighted by Crippen LogP contribution is 2.40. The van der Waals surface area contributed by atoms with E-state index in [-0.39, 0.29) is 25.0 Å². The summed E-state index contributed by atoms with van der Waals surface area (Å²) in [5.74, 6) is 0.853. The molecule has 15 heteroatoms. The van der Waals surface area contributed by atoms with Crippen molar-refractivity contribution in [3.05, 3.63) is 83.9 Å². The number of aryl methyl sites for hydroxylation is 1. The smallest absolute Gasteiger partial charge is 0.293 e. The minimum atomic E-state index is -1.32. The number of benzene rings is 2. The van der Waals surface area contributed by atoms with Gasteiger partial charge in [0.05, 0.1) is 12.9 Å². The zero-order valence-electron chi connectivity index (χ0n) is 23.9. The zero-order valence-corrected chi connectivity index (χ0v) is 23.9. The van der Waals surface area contributed by atoms with Gasteiger partial charge >= 0.3 is 0 Å². The van der Waals surface area contributed by atoms with E-state index < -0.39 is 24.5 Å². The Kier molecular flexibility index (Phi) is 8.67. The zero-order chi connectivity index (χ0) is 30.5. The molecule has 3 N–H and O–H groups in total. The van der Waals surface area contributed by atoms with Gasteiger partial charge in [0, 0.05) is 13.1 Å². The molecule has 228 valence electrons. The van der Waals surface area contributed by atoms with E-state index >= 15 is 0 Å². The minimum Gasteiger partial charge on any atom is -0.458 e. The van der Waals surface area contributed by atoms with Crippen LogP contribution in [0.2, 0.25) is 0 Å². The van der Waals surface area contributed by atoms with Gasteiger partial charge in [0.1, 0.15) is 12.8 Å². The Morgan fingerprint density at radius 3 is 2.52 bits per heavy atom. The summed E-state index contributed by atoms with van der Waals surface area (Å²) in [6, 6.07) is 19.7. The van der Waals surface area contributed by atoms with Crippen LogP contribution in [0.5, 0.6) is 0 Å². The lowest BCUT2D eigenvalue weighted by Gasteiger charge is -2.22. The van der Waals surface area contributed by atoms with Crippen molar-refractivity contribution in [1.82, 2.24) is 39.7 Å². The Balaban J connectivity index is 1.37. The van der Waals surface area contributed by atoms with Gasteiger partial charge in [-0.05, 0) is 29.7 Å².